The van der Waals surface area contributed by atoms with Crippen LogP contribution in [-0.2, 0) is 6.18 Å². The van der Waals surface area contributed by atoms with E-state index in [0.29, 0.717) is 0 Å². The maximum absolute atomic E-state index is 12.7. The molecule has 0 aliphatic carbocycles. The maximum Gasteiger partial charge on any atom is 0.416 e. The first kappa shape index (κ1) is 17.1. The summed E-state index contributed by atoms with van der Waals surface area (Å²) in [6, 6.07) is 7.78. The van der Waals surface area contributed by atoms with E-state index < -0.39 is 11.7 Å². The van der Waals surface area contributed by atoms with Gasteiger partial charge < -0.3 is 9.73 Å². The largest absolute Gasteiger partial charge is 0.451 e. The van der Waals surface area contributed by atoms with E-state index in [2.05, 4.69) is 5.32 Å². The SMILES string of the molecule is CCCC(C)NC(=O)c1ccc(-c2cccc(C(F)(F)F)c2)o1. The number of carbonyl (C=O) groups is 1. The lowest BCUT2D eigenvalue weighted by atomic mass is 10.1. The molecule has 124 valence electrons. The van der Waals surface area contributed by atoms with Crippen LogP contribution in [0, 0.1) is 0 Å². The first-order valence-corrected chi connectivity index (χ1v) is 7.39. The smallest absolute Gasteiger partial charge is 0.416 e. The molecule has 1 N–H and O–H groups in total. The van der Waals surface area contributed by atoms with Gasteiger partial charge in [0.2, 0.25) is 0 Å². The van der Waals surface area contributed by atoms with Crippen LogP contribution in [0.15, 0.2) is 40.8 Å². The molecule has 1 unspecified atom stereocenters. The van der Waals surface area contributed by atoms with E-state index in [-0.39, 0.29) is 29.0 Å². The Morgan fingerprint density at radius 1 is 1.26 bits per heavy atom. The summed E-state index contributed by atoms with van der Waals surface area (Å²) in [5.41, 5.74) is -0.477. The Hall–Kier alpha value is -2.24. The molecule has 3 nitrogen and oxygen atoms in total. The molecule has 0 aliphatic rings. The highest BCUT2D eigenvalue weighted by atomic mass is 19.4. The third kappa shape index (κ3) is 4.37. The van der Waals surface area contributed by atoms with Crippen molar-refractivity contribution in [3.63, 3.8) is 0 Å². The highest BCUT2D eigenvalue weighted by Gasteiger charge is 2.30. The molecular formula is C17H18F3NO2. The summed E-state index contributed by atoms with van der Waals surface area (Å²) in [5, 5.41) is 2.78. The van der Waals surface area contributed by atoms with E-state index in [4.69, 9.17) is 4.42 Å². The van der Waals surface area contributed by atoms with E-state index in [0.717, 1.165) is 25.0 Å². The standard InChI is InChI=1S/C17H18F3NO2/c1-3-5-11(2)21-16(22)15-9-8-14(23-15)12-6-4-7-13(10-12)17(18,19)20/h4,6-11H,3,5H2,1-2H3,(H,21,22). The van der Waals surface area contributed by atoms with Gasteiger partial charge in [0.15, 0.2) is 5.76 Å². The fraction of sp³-hybridized carbons (Fsp3) is 0.353. The zero-order chi connectivity index (χ0) is 17.0. The van der Waals surface area contributed by atoms with Gasteiger partial charge in [0, 0.05) is 11.6 Å². The predicted molar refractivity (Wildman–Crippen MR) is 81.0 cm³/mol. The molecule has 0 saturated carbocycles. The molecule has 0 fully saturated rings. The van der Waals surface area contributed by atoms with Gasteiger partial charge in [-0.05, 0) is 37.6 Å². The fourth-order valence-corrected chi connectivity index (χ4v) is 2.26. The Balaban J connectivity index is 2.18. The predicted octanol–water partition coefficient (Wildman–Crippen LogP) is 4.88. The van der Waals surface area contributed by atoms with Crippen molar-refractivity contribution in [2.24, 2.45) is 0 Å². The van der Waals surface area contributed by atoms with Gasteiger partial charge in [-0.2, -0.15) is 13.2 Å². The first-order valence-electron chi connectivity index (χ1n) is 7.39. The fourth-order valence-electron chi connectivity index (χ4n) is 2.26. The van der Waals surface area contributed by atoms with Crippen molar-refractivity contribution in [2.75, 3.05) is 0 Å². The molecule has 0 aliphatic heterocycles. The van der Waals surface area contributed by atoms with Gasteiger partial charge in [0.1, 0.15) is 5.76 Å². The molecule has 1 aromatic heterocycles. The van der Waals surface area contributed by atoms with Crippen LogP contribution in [0.5, 0.6) is 0 Å². The van der Waals surface area contributed by atoms with Gasteiger partial charge in [-0.1, -0.05) is 25.5 Å². The number of halogens is 3. The molecular weight excluding hydrogens is 307 g/mol. The average Bonchev–Trinajstić information content (AvgIpc) is 2.96. The summed E-state index contributed by atoms with van der Waals surface area (Å²) in [4.78, 5) is 12.0. The molecule has 0 radical (unpaired) electrons. The number of rotatable bonds is 5. The zero-order valence-electron chi connectivity index (χ0n) is 12.9. The lowest BCUT2D eigenvalue weighted by Crippen LogP contribution is -2.32. The van der Waals surface area contributed by atoms with Crippen molar-refractivity contribution >= 4 is 5.91 Å². The van der Waals surface area contributed by atoms with Crippen molar-refractivity contribution in [2.45, 2.75) is 38.9 Å². The van der Waals surface area contributed by atoms with E-state index in [1.54, 1.807) is 0 Å². The Bertz CT molecular complexity index is 676. The van der Waals surface area contributed by atoms with Crippen LogP contribution in [0.1, 0.15) is 42.8 Å². The summed E-state index contributed by atoms with van der Waals surface area (Å²) in [6.07, 6.45) is -2.64. The molecule has 0 saturated heterocycles. The Labute approximate surface area is 132 Å². The molecule has 2 aromatic rings. The monoisotopic (exact) mass is 325 g/mol. The zero-order valence-corrected chi connectivity index (χ0v) is 12.9. The Morgan fingerprint density at radius 2 is 2.00 bits per heavy atom. The topological polar surface area (TPSA) is 42.2 Å². The summed E-state index contributed by atoms with van der Waals surface area (Å²) >= 11 is 0. The molecule has 2 rings (SSSR count). The number of amides is 1. The molecule has 6 heteroatoms. The second-order valence-corrected chi connectivity index (χ2v) is 5.41. The molecule has 0 spiro atoms. The average molecular weight is 325 g/mol. The van der Waals surface area contributed by atoms with Crippen molar-refractivity contribution < 1.29 is 22.4 Å². The summed E-state index contributed by atoms with van der Waals surface area (Å²) in [7, 11) is 0. The molecule has 1 aromatic carbocycles. The third-order valence-electron chi connectivity index (χ3n) is 3.40. The van der Waals surface area contributed by atoms with E-state index >= 15 is 0 Å². The van der Waals surface area contributed by atoms with Gasteiger partial charge in [0.25, 0.3) is 5.91 Å². The Morgan fingerprint density at radius 3 is 2.65 bits per heavy atom. The molecule has 1 atom stereocenters. The lowest BCUT2D eigenvalue weighted by Gasteiger charge is -2.11. The summed E-state index contributed by atoms with van der Waals surface area (Å²) in [6.45, 7) is 3.90. The van der Waals surface area contributed by atoms with Crippen LogP contribution < -0.4 is 5.32 Å². The molecule has 0 bridgehead atoms. The van der Waals surface area contributed by atoms with E-state index in [1.165, 1.54) is 24.3 Å². The minimum Gasteiger partial charge on any atom is -0.451 e. The van der Waals surface area contributed by atoms with Crippen LogP contribution in [0.25, 0.3) is 11.3 Å². The van der Waals surface area contributed by atoms with Crippen LogP contribution in [-0.4, -0.2) is 11.9 Å². The quantitative estimate of drug-likeness (QED) is 0.851. The first-order chi connectivity index (χ1) is 10.8. The van der Waals surface area contributed by atoms with E-state index in [9.17, 15) is 18.0 Å². The number of alkyl halides is 3. The van der Waals surface area contributed by atoms with Gasteiger partial charge >= 0.3 is 6.18 Å². The van der Waals surface area contributed by atoms with Crippen LogP contribution in [0.3, 0.4) is 0 Å². The second-order valence-electron chi connectivity index (χ2n) is 5.41. The van der Waals surface area contributed by atoms with Gasteiger partial charge in [-0.15, -0.1) is 0 Å². The minimum absolute atomic E-state index is 0.00890. The van der Waals surface area contributed by atoms with Crippen molar-refractivity contribution in [3.05, 3.63) is 47.7 Å². The lowest BCUT2D eigenvalue weighted by molar-refractivity contribution is -0.137. The van der Waals surface area contributed by atoms with E-state index in [1.807, 2.05) is 13.8 Å². The molecule has 1 amide bonds. The van der Waals surface area contributed by atoms with Gasteiger partial charge in [-0.3, -0.25) is 4.79 Å². The Kier molecular flexibility index (Phi) is 5.13. The van der Waals surface area contributed by atoms with Gasteiger partial charge in [0.05, 0.1) is 5.56 Å². The highest BCUT2D eigenvalue weighted by molar-refractivity contribution is 5.92. The van der Waals surface area contributed by atoms with Gasteiger partial charge in [-0.25, -0.2) is 0 Å². The molecule has 23 heavy (non-hydrogen) atoms. The number of hydrogen-bond donors (Lipinski definition) is 1. The summed E-state index contributed by atoms with van der Waals surface area (Å²) < 4.78 is 43.6. The van der Waals surface area contributed by atoms with Crippen LogP contribution >= 0.6 is 0 Å². The van der Waals surface area contributed by atoms with Crippen molar-refractivity contribution in [1.29, 1.82) is 0 Å². The number of hydrogen-bond acceptors (Lipinski definition) is 2. The number of carbonyl (C=O) groups excluding carboxylic acids is 1. The summed E-state index contributed by atoms with van der Waals surface area (Å²) in [5.74, 6) is -0.0612. The van der Waals surface area contributed by atoms with Crippen LogP contribution in [0.2, 0.25) is 0 Å². The number of benzene rings is 1. The van der Waals surface area contributed by atoms with Crippen molar-refractivity contribution in [3.8, 4) is 11.3 Å². The second kappa shape index (κ2) is 6.89. The third-order valence-corrected chi connectivity index (χ3v) is 3.40. The van der Waals surface area contributed by atoms with Crippen LogP contribution in [0.4, 0.5) is 13.2 Å². The highest BCUT2D eigenvalue weighted by Crippen LogP contribution is 2.32. The normalized spacial score (nSPS) is 12.9. The maximum atomic E-state index is 12.7. The van der Waals surface area contributed by atoms with Crippen molar-refractivity contribution in [1.82, 2.24) is 5.32 Å². The molecule has 1 heterocycles. The number of nitrogens with one attached hydrogen (secondary N) is 1. The number of furan rings is 1. The minimum atomic E-state index is -4.42.